The first-order chi connectivity index (χ1) is 11.8. The average Bonchev–Trinajstić information content (AvgIpc) is 3.24. The van der Waals surface area contributed by atoms with Gasteiger partial charge in [-0.15, -0.1) is 0 Å². The molecule has 0 bridgehead atoms. The predicted molar refractivity (Wildman–Crippen MR) is 92.3 cm³/mol. The number of hydrogen-bond donors (Lipinski definition) is 2. The molecular formula is C18H21N3O3. The van der Waals surface area contributed by atoms with E-state index in [1.807, 2.05) is 53.5 Å². The van der Waals surface area contributed by atoms with Gasteiger partial charge in [-0.25, -0.2) is 4.79 Å². The number of carbonyl (C=O) groups is 1. The van der Waals surface area contributed by atoms with Crippen molar-refractivity contribution in [2.24, 2.45) is 0 Å². The van der Waals surface area contributed by atoms with Gasteiger partial charge in [0.1, 0.15) is 12.4 Å². The molecule has 1 amide bonds. The van der Waals surface area contributed by atoms with Gasteiger partial charge in [0.2, 0.25) is 0 Å². The molecule has 0 saturated heterocycles. The summed E-state index contributed by atoms with van der Waals surface area (Å²) in [5.41, 5.74) is 2.19. The summed E-state index contributed by atoms with van der Waals surface area (Å²) in [5.74, 6) is 0.820. The summed E-state index contributed by atoms with van der Waals surface area (Å²) < 4.78 is 12.4. The quantitative estimate of drug-likeness (QED) is 0.701. The number of ether oxygens (including phenoxy) is 2. The number of rotatable bonds is 7. The number of nitrogens with one attached hydrogen (secondary N) is 2. The number of methoxy groups -OCH3 is 1. The molecule has 6 nitrogen and oxygen atoms in total. The van der Waals surface area contributed by atoms with Gasteiger partial charge in [-0.1, -0.05) is 0 Å². The van der Waals surface area contributed by atoms with Gasteiger partial charge < -0.3 is 24.3 Å². The van der Waals surface area contributed by atoms with Crippen LogP contribution < -0.4 is 10.1 Å². The molecule has 0 atom stereocenters. The molecule has 0 aliphatic carbocycles. The molecule has 1 aromatic carbocycles. The molecule has 0 aliphatic rings. The summed E-state index contributed by atoms with van der Waals surface area (Å²) in [5, 5.41) is 3.89. The standard InChI is InChI=1S/C18H21N3O3/c1-23-15-4-5-17-16(12-15)14(13-20-17)6-7-19-18(22)24-11-10-21-8-2-3-9-21/h2-5,8-9,12-13,20H,6-7,10-11H2,1H3,(H,19,22). The van der Waals surface area contributed by atoms with Crippen LogP contribution in [0.4, 0.5) is 4.79 Å². The molecule has 3 aromatic rings. The van der Waals surface area contributed by atoms with Gasteiger partial charge in [0.15, 0.2) is 0 Å². The van der Waals surface area contributed by atoms with E-state index in [0.29, 0.717) is 19.7 Å². The Balaban J connectivity index is 1.45. The molecule has 0 spiro atoms. The Morgan fingerprint density at radius 1 is 1.29 bits per heavy atom. The lowest BCUT2D eigenvalue weighted by Gasteiger charge is -2.07. The molecule has 0 aliphatic heterocycles. The minimum Gasteiger partial charge on any atom is -0.497 e. The van der Waals surface area contributed by atoms with Gasteiger partial charge in [0.25, 0.3) is 0 Å². The van der Waals surface area contributed by atoms with Crippen LogP contribution in [0.15, 0.2) is 48.9 Å². The second-order valence-electron chi connectivity index (χ2n) is 5.46. The van der Waals surface area contributed by atoms with Crippen molar-refractivity contribution in [3.05, 3.63) is 54.5 Å². The van der Waals surface area contributed by atoms with E-state index in [4.69, 9.17) is 9.47 Å². The summed E-state index contributed by atoms with van der Waals surface area (Å²) in [6.45, 7) is 1.53. The predicted octanol–water partition coefficient (Wildman–Crippen LogP) is 2.95. The van der Waals surface area contributed by atoms with Gasteiger partial charge in [-0.2, -0.15) is 0 Å². The highest BCUT2D eigenvalue weighted by molar-refractivity contribution is 5.84. The van der Waals surface area contributed by atoms with Crippen molar-refractivity contribution < 1.29 is 14.3 Å². The van der Waals surface area contributed by atoms with Crippen LogP contribution >= 0.6 is 0 Å². The second-order valence-corrected chi connectivity index (χ2v) is 5.46. The maximum Gasteiger partial charge on any atom is 0.407 e. The summed E-state index contributed by atoms with van der Waals surface area (Å²) in [4.78, 5) is 14.9. The number of hydrogen-bond acceptors (Lipinski definition) is 3. The van der Waals surface area contributed by atoms with Crippen LogP contribution in [-0.4, -0.2) is 35.9 Å². The first kappa shape index (κ1) is 16.0. The average molecular weight is 327 g/mol. The second kappa shape index (κ2) is 7.59. The van der Waals surface area contributed by atoms with Crippen LogP contribution in [-0.2, 0) is 17.7 Å². The van der Waals surface area contributed by atoms with E-state index in [1.165, 1.54) is 0 Å². The zero-order valence-electron chi connectivity index (χ0n) is 13.6. The number of alkyl carbamates (subject to hydrolysis) is 1. The third-order valence-electron chi connectivity index (χ3n) is 3.89. The van der Waals surface area contributed by atoms with Crippen molar-refractivity contribution in [1.29, 1.82) is 0 Å². The van der Waals surface area contributed by atoms with E-state index in [-0.39, 0.29) is 6.09 Å². The van der Waals surface area contributed by atoms with Gasteiger partial charge in [0.05, 0.1) is 13.7 Å². The van der Waals surface area contributed by atoms with Crippen LogP contribution in [0.1, 0.15) is 5.56 Å². The molecule has 126 valence electrons. The van der Waals surface area contributed by atoms with Crippen LogP contribution in [0.3, 0.4) is 0 Å². The highest BCUT2D eigenvalue weighted by Gasteiger charge is 2.06. The Morgan fingerprint density at radius 3 is 2.92 bits per heavy atom. The summed E-state index contributed by atoms with van der Waals surface area (Å²) in [7, 11) is 1.65. The van der Waals surface area contributed by atoms with Crippen molar-refractivity contribution in [2.45, 2.75) is 13.0 Å². The van der Waals surface area contributed by atoms with Crippen molar-refractivity contribution in [1.82, 2.24) is 14.9 Å². The lowest BCUT2D eigenvalue weighted by molar-refractivity contribution is 0.142. The molecule has 0 fully saturated rings. The number of carbonyl (C=O) groups excluding carboxylic acids is 1. The minimum atomic E-state index is -0.389. The van der Waals surface area contributed by atoms with Crippen LogP contribution in [0.25, 0.3) is 10.9 Å². The molecule has 0 radical (unpaired) electrons. The molecule has 6 heteroatoms. The van der Waals surface area contributed by atoms with Gasteiger partial charge in [-0.3, -0.25) is 0 Å². The fourth-order valence-electron chi connectivity index (χ4n) is 2.60. The van der Waals surface area contributed by atoms with E-state index in [1.54, 1.807) is 7.11 Å². The lowest BCUT2D eigenvalue weighted by atomic mass is 10.1. The van der Waals surface area contributed by atoms with Crippen molar-refractivity contribution in [3.8, 4) is 5.75 Å². The molecule has 24 heavy (non-hydrogen) atoms. The van der Waals surface area contributed by atoms with Crippen LogP contribution in [0.5, 0.6) is 5.75 Å². The molecule has 2 N–H and O–H groups in total. The van der Waals surface area contributed by atoms with Gasteiger partial charge in [-0.05, 0) is 42.3 Å². The van der Waals surface area contributed by atoms with E-state index in [2.05, 4.69) is 10.3 Å². The van der Waals surface area contributed by atoms with Crippen molar-refractivity contribution in [2.75, 3.05) is 20.3 Å². The number of aromatic amines is 1. The Bertz CT molecular complexity index is 793. The zero-order valence-corrected chi connectivity index (χ0v) is 13.6. The maximum absolute atomic E-state index is 11.7. The third kappa shape index (κ3) is 3.90. The number of aromatic nitrogens is 2. The largest absolute Gasteiger partial charge is 0.497 e. The number of fused-ring (bicyclic) bond motifs is 1. The van der Waals surface area contributed by atoms with Gasteiger partial charge >= 0.3 is 6.09 Å². The summed E-state index contributed by atoms with van der Waals surface area (Å²) in [6, 6.07) is 9.78. The highest BCUT2D eigenvalue weighted by Crippen LogP contribution is 2.23. The minimum absolute atomic E-state index is 0.352. The smallest absolute Gasteiger partial charge is 0.407 e. The Kier molecular flexibility index (Phi) is 5.05. The Labute approximate surface area is 140 Å². The topological polar surface area (TPSA) is 68.3 Å². The molecule has 0 saturated carbocycles. The number of H-pyrrole nitrogens is 1. The fraction of sp³-hybridized carbons (Fsp3) is 0.278. The SMILES string of the molecule is COc1ccc2[nH]cc(CCNC(=O)OCCn3cccc3)c2c1. The van der Waals surface area contributed by atoms with Crippen molar-refractivity contribution in [3.63, 3.8) is 0 Å². The van der Waals surface area contributed by atoms with Crippen LogP contribution in [0.2, 0.25) is 0 Å². The van der Waals surface area contributed by atoms with E-state index >= 15 is 0 Å². The summed E-state index contributed by atoms with van der Waals surface area (Å²) >= 11 is 0. The lowest BCUT2D eigenvalue weighted by Crippen LogP contribution is -2.27. The highest BCUT2D eigenvalue weighted by atomic mass is 16.5. The van der Waals surface area contributed by atoms with E-state index < -0.39 is 0 Å². The maximum atomic E-state index is 11.7. The first-order valence-electron chi connectivity index (χ1n) is 7.91. The first-order valence-corrected chi connectivity index (χ1v) is 7.91. The van der Waals surface area contributed by atoms with Crippen molar-refractivity contribution >= 4 is 17.0 Å². The molecule has 2 aromatic heterocycles. The van der Waals surface area contributed by atoms with Crippen LogP contribution in [0, 0.1) is 0 Å². The van der Waals surface area contributed by atoms with Gasteiger partial charge in [0, 0.05) is 36.0 Å². The summed E-state index contributed by atoms with van der Waals surface area (Å²) in [6.07, 6.45) is 6.17. The third-order valence-corrected chi connectivity index (χ3v) is 3.89. The monoisotopic (exact) mass is 327 g/mol. The fourth-order valence-corrected chi connectivity index (χ4v) is 2.60. The van der Waals surface area contributed by atoms with E-state index in [0.717, 1.165) is 28.6 Å². The molecular weight excluding hydrogens is 306 g/mol. The number of nitrogens with zero attached hydrogens (tertiary/aromatic N) is 1. The Morgan fingerprint density at radius 2 is 2.12 bits per heavy atom. The Hall–Kier alpha value is -2.89. The van der Waals surface area contributed by atoms with E-state index in [9.17, 15) is 4.79 Å². The number of amides is 1. The molecule has 2 heterocycles. The zero-order chi connectivity index (χ0) is 16.8. The molecule has 0 unspecified atom stereocenters. The normalized spacial score (nSPS) is 10.7. The molecule has 3 rings (SSSR count). The number of benzene rings is 1.